The predicted molar refractivity (Wildman–Crippen MR) is 57.7 cm³/mol. The summed E-state index contributed by atoms with van der Waals surface area (Å²) in [5.74, 6) is 0.844. The molecule has 0 aromatic heterocycles. The zero-order valence-electron chi connectivity index (χ0n) is 9.27. The molecule has 0 aliphatic heterocycles. The van der Waals surface area contributed by atoms with Crippen molar-refractivity contribution in [3.63, 3.8) is 0 Å². The molecular formula is C11H24N2. The van der Waals surface area contributed by atoms with Gasteiger partial charge in [-0.2, -0.15) is 0 Å². The van der Waals surface area contributed by atoms with E-state index in [1.165, 1.54) is 25.7 Å². The molecule has 1 rings (SSSR count). The molecule has 0 aromatic rings. The van der Waals surface area contributed by atoms with E-state index in [2.05, 4.69) is 26.1 Å². The maximum Gasteiger partial charge on any atom is 0.0332 e. The van der Waals surface area contributed by atoms with Gasteiger partial charge < -0.3 is 11.1 Å². The number of hydrogen-bond acceptors (Lipinski definition) is 2. The molecule has 0 saturated heterocycles. The molecule has 13 heavy (non-hydrogen) atoms. The Morgan fingerprint density at radius 1 is 1.46 bits per heavy atom. The third-order valence-electron chi connectivity index (χ3n) is 3.50. The highest BCUT2D eigenvalue weighted by molar-refractivity contribution is 5.01. The first-order valence-electron chi connectivity index (χ1n) is 5.66. The molecule has 1 saturated carbocycles. The van der Waals surface area contributed by atoms with Crippen molar-refractivity contribution < 1.29 is 0 Å². The van der Waals surface area contributed by atoms with Crippen LogP contribution in [0.15, 0.2) is 0 Å². The Morgan fingerprint density at radius 2 is 2.08 bits per heavy atom. The van der Waals surface area contributed by atoms with E-state index in [9.17, 15) is 0 Å². The van der Waals surface area contributed by atoms with Gasteiger partial charge >= 0.3 is 0 Å². The Bertz CT molecular complexity index is 148. The molecule has 0 heterocycles. The third kappa shape index (κ3) is 2.44. The predicted octanol–water partition coefficient (Wildman–Crippen LogP) is 1.89. The minimum atomic E-state index is 0.245. The van der Waals surface area contributed by atoms with Crippen molar-refractivity contribution in [3.05, 3.63) is 0 Å². The first kappa shape index (κ1) is 11.0. The van der Waals surface area contributed by atoms with Crippen molar-refractivity contribution in [1.82, 2.24) is 5.32 Å². The van der Waals surface area contributed by atoms with Gasteiger partial charge in [0.2, 0.25) is 0 Å². The fourth-order valence-electron chi connectivity index (χ4n) is 2.11. The van der Waals surface area contributed by atoms with Crippen molar-refractivity contribution in [2.75, 3.05) is 6.54 Å². The highest BCUT2D eigenvalue weighted by atomic mass is 15.0. The smallest absolute Gasteiger partial charge is 0.0332 e. The lowest BCUT2D eigenvalue weighted by atomic mass is 9.89. The molecule has 0 spiro atoms. The standard InChI is InChI=1S/C11H24N2/c1-4-9(3)13-11(5-2,8-12)10-6-7-10/h9-10,13H,4-8,12H2,1-3H3. The highest BCUT2D eigenvalue weighted by Gasteiger charge is 2.43. The van der Waals surface area contributed by atoms with Gasteiger partial charge in [0, 0.05) is 18.1 Å². The van der Waals surface area contributed by atoms with Crippen LogP contribution < -0.4 is 11.1 Å². The van der Waals surface area contributed by atoms with Gasteiger partial charge in [0.25, 0.3) is 0 Å². The molecule has 0 bridgehead atoms. The fraction of sp³-hybridized carbons (Fsp3) is 1.00. The molecule has 2 heteroatoms. The number of nitrogens with two attached hydrogens (primary N) is 1. The van der Waals surface area contributed by atoms with Crippen LogP contribution in [0.3, 0.4) is 0 Å². The number of rotatable bonds is 6. The van der Waals surface area contributed by atoms with Gasteiger partial charge in [0.15, 0.2) is 0 Å². The van der Waals surface area contributed by atoms with Crippen LogP contribution in [0, 0.1) is 5.92 Å². The molecule has 2 unspecified atom stereocenters. The Hall–Kier alpha value is -0.0800. The SMILES string of the molecule is CCC(C)NC(CC)(CN)C1CC1. The Morgan fingerprint density at radius 3 is 2.38 bits per heavy atom. The van der Waals surface area contributed by atoms with Crippen LogP contribution in [0.4, 0.5) is 0 Å². The first-order chi connectivity index (χ1) is 6.18. The van der Waals surface area contributed by atoms with Crippen molar-refractivity contribution in [3.8, 4) is 0 Å². The lowest BCUT2D eigenvalue weighted by molar-refractivity contribution is 0.249. The van der Waals surface area contributed by atoms with Crippen LogP contribution >= 0.6 is 0 Å². The normalized spacial score (nSPS) is 24.0. The fourth-order valence-corrected chi connectivity index (χ4v) is 2.11. The molecule has 1 aliphatic carbocycles. The van der Waals surface area contributed by atoms with Crippen LogP contribution in [0.25, 0.3) is 0 Å². The summed E-state index contributed by atoms with van der Waals surface area (Å²) >= 11 is 0. The Balaban J connectivity index is 2.54. The van der Waals surface area contributed by atoms with Crippen LogP contribution in [0.1, 0.15) is 46.5 Å². The van der Waals surface area contributed by atoms with Crippen molar-refractivity contribution in [2.24, 2.45) is 11.7 Å². The Labute approximate surface area is 82.3 Å². The van der Waals surface area contributed by atoms with Gasteiger partial charge in [0.1, 0.15) is 0 Å². The topological polar surface area (TPSA) is 38.0 Å². The van der Waals surface area contributed by atoms with Crippen molar-refractivity contribution in [2.45, 2.75) is 58.0 Å². The molecule has 78 valence electrons. The van der Waals surface area contributed by atoms with Gasteiger partial charge in [0.05, 0.1) is 0 Å². The first-order valence-corrected chi connectivity index (χ1v) is 5.66. The molecule has 1 aliphatic rings. The highest BCUT2D eigenvalue weighted by Crippen LogP contribution is 2.41. The summed E-state index contributed by atoms with van der Waals surface area (Å²) in [6.45, 7) is 7.52. The lowest BCUT2D eigenvalue weighted by Crippen LogP contribution is -2.55. The zero-order valence-corrected chi connectivity index (χ0v) is 9.27. The number of hydrogen-bond donors (Lipinski definition) is 2. The largest absolute Gasteiger partial charge is 0.329 e. The van der Waals surface area contributed by atoms with E-state index >= 15 is 0 Å². The van der Waals surface area contributed by atoms with Crippen LogP contribution in [-0.4, -0.2) is 18.1 Å². The van der Waals surface area contributed by atoms with Gasteiger partial charge in [-0.3, -0.25) is 0 Å². The summed E-state index contributed by atoms with van der Waals surface area (Å²) in [5, 5.41) is 3.72. The molecule has 1 fully saturated rings. The second kappa shape index (κ2) is 4.43. The monoisotopic (exact) mass is 184 g/mol. The van der Waals surface area contributed by atoms with E-state index in [0.29, 0.717) is 6.04 Å². The molecule has 0 radical (unpaired) electrons. The summed E-state index contributed by atoms with van der Waals surface area (Å²) in [6.07, 6.45) is 5.09. The van der Waals surface area contributed by atoms with E-state index in [4.69, 9.17) is 5.73 Å². The molecular weight excluding hydrogens is 160 g/mol. The molecule has 2 nitrogen and oxygen atoms in total. The Kier molecular flexibility index (Phi) is 3.74. The summed E-state index contributed by atoms with van der Waals surface area (Å²) in [4.78, 5) is 0. The zero-order chi connectivity index (χ0) is 9.90. The average molecular weight is 184 g/mol. The second-order valence-corrected chi connectivity index (χ2v) is 4.44. The van der Waals surface area contributed by atoms with E-state index in [0.717, 1.165) is 12.5 Å². The average Bonchev–Trinajstić information content (AvgIpc) is 2.97. The van der Waals surface area contributed by atoms with E-state index in [1.807, 2.05) is 0 Å². The summed E-state index contributed by atoms with van der Waals surface area (Å²) in [7, 11) is 0. The molecule has 3 N–H and O–H groups in total. The second-order valence-electron chi connectivity index (χ2n) is 4.44. The van der Waals surface area contributed by atoms with Gasteiger partial charge in [-0.15, -0.1) is 0 Å². The maximum atomic E-state index is 5.90. The summed E-state index contributed by atoms with van der Waals surface area (Å²) in [6, 6.07) is 0.601. The number of nitrogens with one attached hydrogen (secondary N) is 1. The molecule has 2 atom stereocenters. The van der Waals surface area contributed by atoms with Crippen LogP contribution in [0.2, 0.25) is 0 Å². The molecule has 0 amide bonds. The summed E-state index contributed by atoms with van der Waals surface area (Å²) < 4.78 is 0. The van der Waals surface area contributed by atoms with Crippen LogP contribution in [-0.2, 0) is 0 Å². The van der Waals surface area contributed by atoms with Crippen molar-refractivity contribution >= 4 is 0 Å². The lowest BCUT2D eigenvalue weighted by Gasteiger charge is -2.36. The molecule has 0 aromatic carbocycles. The van der Waals surface area contributed by atoms with Crippen molar-refractivity contribution in [1.29, 1.82) is 0 Å². The quantitative estimate of drug-likeness (QED) is 0.661. The summed E-state index contributed by atoms with van der Waals surface area (Å²) in [5.41, 5.74) is 6.15. The van der Waals surface area contributed by atoms with Gasteiger partial charge in [-0.25, -0.2) is 0 Å². The minimum Gasteiger partial charge on any atom is -0.329 e. The third-order valence-corrected chi connectivity index (χ3v) is 3.50. The van der Waals surface area contributed by atoms with Gasteiger partial charge in [-0.05, 0) is 38.5 Å². The van der Waals surface area contributed by atoms with E-state index < -0.39 is 0 Å². The maximum absolute atomic E-state index is 5.90. The van der Waals surface area contributed by atoms with Gasteiger partial charge in [-0.1, -0.05) is 13.8 Å². The van der Waals surface area contributed by atoms with E-state index in [1.54, 1.807) is 0 Å². The minimum absolute atomic E-state index is 0.245. The van der Waals surface area contributed by atoms with Crippen LogP contribution in [0.5, 0.6) is 0 Å². The van der Waals surface area contributed by atoms with E-state index in [-0.39, 0.29) is 5.54 Å².